The van der Waals surface area contributed by atoms with E-state index in [2.05, 4.69) is 49.4 Å². The van der Waals surface area contributed by atoms with Crippen molar-refractivity contribution in [2.75, 3.05) is 0 Å². The van der Waals surface area contributed by atoms with Gasteiger partial charge in [-0.1, -0.05) is 23.8 Å². The first-order chi connectivity index (χ1) is 9.61. The second kappa shape index (κ2) is 4.76. The second-order valence-corrected chi connectivity index (χ2v) is 5.29. The summed E-state index contributed by atoms with van der Waals surface area (Å²) >= 11 is 0. The number of hydrogen-bond donors (Lipinski definition) is 1. The Kier molecular flexibility index (Phi) is 3.07. The fourth-order valence-corrected chi connectivity index (χ4v) is 2.72. The van der Waals surface area contributed by atoms with E-state index in [9.17, 15) is 0 Å². The maximum absolute atomic E-state index is 5.99. The van der Waals surface area contributed by atoms with Crippen molar-refractivity contribution in [3.63, 3.8) is 0 Å². The number of rotatable bonds is 2. The van der Waals surface area contributed by atoms with Gasteiger partial charge < -0.3 is 5.73 Å². The lowest BCUT2D eigenvalue weighted by atomic mass is 10.0. The number of aromatic nitrogens is 2. The van der Waals surface area contributed by atoms with Crippen LogP contribution in [0.5, 0.6) is 0 Å². The zero-order valence-electron chi connectivity index (χ0n) is 12.1. The zero-order chi connectivity index (χ0) is 14.3. The molecule has 0 atom stereocenters. The van der Waals surface area contributed by atoms with Crippen LogP contribution < -0.4 is 5.73 Å². The molecule has 20 heavy (non-hydrogen) atoms. The van der Waals surface area contributed by atoms with Gasteiger partial charge in [0.05, 0.1) is 11.4 Å². The average molecular weight is 265 g/mol. The first-order valence-corrected chi connectivity index (χ1v) is 6.86. The first kappa shape index (κ1) is 12.9. The number of nitrogens with zero attached hydrogens (tertiary/aromatic N) is 2. The Labute approximate surface area is 119 Å². The van der Waals surface area contributed by atoms with Gasteiger partial charge >= 0.3 is 0 Å². The van der Waals surface area contributed by atoms with Crippen molar-refractivity contribution in [1.29, 1.82) is 0 Å². The summed E-state index contributed by atoms with van der Waals surface area (Å²) in [5.41, 5.74) is 13.8. The number of benzene rings is 1. The van der Waals surface area contributed by atoms with Crippen LogP contribution >= 0.6 is 0 Å². The molecule has 0 unspecified atom stereocenters. The Morgan fingerprint density at radius 1 is 1.10 bits per heavy atom. The van der Waals surface area contributed by atoms with Crippen LogP contribution in [0.1, 0.15) is 22.5 Å². The summed E-state index contributed by atoms with van der Waals surface area (Å²) in [4.78, 5) is 4.80. The lowest BCUT2D eigenvalue weighted by Crippen LogP contribution is -2.04. The fraction of sp³-hybridized carbons (Fsp3) is 0.235. The van der Waals surface area contributed by atoms with Crippen LogP contribution in [-0.2, 0) is 6.54 Å². The van der Waals surface area contributed by atoms with E-state index in [1.807, 2.05) is 12.1 Å². The van der Waals surface area contributed by atoms with E-state index in [0.29, 0.717) is 6.54 Å². The van der Waals surface area contributed by atoms with Crippen LogP contribution in [0, 0.1) is 20.8 Å². The van der Waals surface area contributed by atoms with E-state index in [1.165, 1.54) is 16.7 Å². The molecule has 0 saturated carbocycles. The molecule has 3 aromatic rings. The van der Waals surface area contributed by atoms with Gasteiger partial charge in [0.15, 0.2) is 0 Å². The molecule has 0 radical (unpaired) electrons. The van der Waals surface area contributed by atoms with E-state index in [0.717, 1.165) is 22.7 Å². The highest BCUT2D eigenvalue weighted by Crippen LogP contribution is 2.28. The molecule has 3 nitrogen and oxygen atoms in total. The highest BCUT2D eigenvalue weighted by molar-refractivity contribution is 5.70. The smallest absolute Gasteiger partial charge is 0.137 e. The minimum atomic E-state index is 0.481. The molecule has 3 heteroatoms. The van der Waals surface area contributed by atoms with Crippen molar-refractivity contribution in [2.45, 2.75) is 27.3 Å². The molecule has 0 saturated heterocycles. The molecule has 2 aromatic heterocycles. The number of aryl methyl sites for hydroxylation is 3. The molecular weight excluding hydrogens is 246 g/mol. The van der Waals surface area contributed by atoms with Crippen molar-refractivity contribution in [1.82, 2.24) is 9.38 Å². The van der Waals surface area contributed by atoms with Crippen LogP contribution in [-0.4, -0.2) is 9.38 Å². The second-order valence-electron chi connectivity index (χ2n) is 5.29. The van der Waals surface area contributed by atoms with Gasteiger partial charge in [0.1, 0.15) is 5.65 Å². The quantitative estimate of drug-likeness (QED) is 0.772. The van der Waals surface area contributed by atoms with E-state index in [1.54, 1.807) is 0 Å². The number of hydrogen-bond acceptors (Lipinski definition) is 2. The molecule has 0 aliphatic heterocycles. The molecule has 102 valence electrons. The molecule has 0 bridgehead atoms. The third kappa shape index (κ3) is 1.91. The van der Waals surface area contributed by atoms with Crippen molar-refractivity contribution < 1.29 is 0 Å². The third-order valence-electron chi connectivity index (χ3n) is 3.78. The average Bonchev–Trinajstić information content (AvgIpc) is 2.81. The largest absolute Gasteiger partial charge is 0.325 e. The number of nitrogens with two attached hydrogens (primary N) is 1. The summed E-state index contributed by atoms with van der Waals surface area (Å²) in [7, 11) is 0. The molecule has 3 rings (SSSR count). The van der Waals surface area contributed by atoms with Crippen molar-refractivity contribution >= 4 is 5.65 Å². The fourth-order valence-electron chi connectivity index (χ4n) is 2.72. The minimum absolute atomic E-state index is 0.481. The normalized spacial score (nSPS) is 11.2. The summed E-state index contributed by atoms with van der Waals surface area (Å²) < 4.78 is 2.15. The van der Waals surface area contributed by atoms with Gasteiger partial charge in [-0.15, -0.1) is 0 Å². The molecule has 0 aliphatic carbocycles. The first-order valence-electron chi connectivity index (χ1n) is 6.86. The van der Waals surface area contributed by atoms with Crippen LogP contribution in [0.4, 0.5) is 0 Å². The van der Waals surface area contributed by atoms with Gasteiger partial charge in [-0.3, -0.25) is 4.40 Å². The minimum Gasteiger partial charge on any atom is -0.325 e. The SMILES string of the molecule is Cc1ccc(C)c(-c2nc3cccc(C)n3c2CN)c1. The predicted molar refractivity (Wildman–Crippen MR) is 82.7 cm³/mol. The van der Waals surface area contributed by atoms with Gasteiger partial charge in [0, 0.05) is 17.8 Å². The molecule has 0 aliphatic rings. The Morgan fingerprint density at radius 3 is 2.65 bits per heavy atom. The summed E-state index contributed by atoms with van der Waals surface area (Å²) in [5.74, 6) is 0. The van der Waals surface area contributed by atoms with Crippen molar-refractivity contribution in [3.05, 3.63) is 58.9 Å². The number of imidazole rings is 1. The van der Waals surface area contributed by atoms with Crippen LogP contribution in [0.2, 0.25) is 0 Å². The third-order valence-corrected chi connectivity index (χ3v) is 3.78. The van der Waals surface area contributed by atoms with Crippen molar-refractivity contribution in [2.24, 2.45) is 5.73 Å². The van der Waals surface area contributed by atoms with E-state index in [4.69, 9.17) is 10.7 Å². The summed E-state index contributed by atoms with van der Waals surface area (Å²) in [5, 5.41) is 0. The highest BCUT2D eigenvalue weighted by Gasteiger charge is 2.15. The molecule has 0 amide bonds. The van der Waals surface area contributed by atoms with Crippen LogP contribution in [0.25, 0.3) is 16.9 Å². The molecular formula is C17H19N3. The topological polar surface area (TPSA) is 43.3 Å². The predicted octanol–water partition coefficient (Wildman–Crippen LogP) is 3.39. The lowest BCUT2D eigenvalue weighted by Gasteiger charge is -2.08. The van der Waals surface area contributed by atoms with Crippen LogP contribution in [0.3, 0.4) is 0 Å². The zero-order valence-corrected chi connectivity index (χ0v) is 12.1. The van der Waals surface area contributed by atoms with Gasteiger partial charge in [-0.05, 0) is 44.5 Å². The van der Waals surface area contributed by atoms with Gasteiger partial charge in [0.2, 0.25) is 0 Å². The Bertz CT molecular complexity index is 784. The summed E-state index contributed by atoms with van der Waals surface area (Å²) in [6.45, 7) is 6.79. The van der Waals surface area contributed by atoms with Gasteiger partial charge in [-0.25, -0.2) is 4.98 Å². The Morgan fingerprint density at radius 2 is 1.90 bits per heavy atom. The van der Waals surface area contributed by atoms with Crippen LogP contribution in [0.15, 0.2) is 36.4 Å². The van der Waals surface area contributed by atoms with E-state index >= 15 is 0 Å². The summed E-state index contributed by atoms with van der Waals surface area (Å²) in [6, 6.07) is 12.6. The summed E-state index contributed by atoms with van der Waals surface area (Å²) in [6.07, 6.45) is 0. The Hall–Kier alpha value is -2.13. The standard InChI is InChI=1S/C17H19N3/c1-11-7-8-12(2)14(9-11)17-15(10-18)20-13(3)5-4-6-16(20)19-17/h4-9H,10,18H2,1-3H3. The van der Waals surface area contributed by atoms with E-state index in [-0.39, 0.29) is 0 Å². The van der Waals surface area contributed by atoms with E-state index < -0.39 is 0 Å². The number of fused-ring (bicyclic) bond motifs is 1. The molecule has 1 aromatic carbocycles. The van der Waals surface area contributed by atoms with Crippen molar-refractivity contribution in [3.8, 4) is 11.3 Å². The van der Waals surface area contributed by atoms with Gasteiger partial charge in [0.25, 0.3) is 0 Å². The molecule has 2 heterocycles. The maximum Gasteiger partial charge on any atom is 0.137 e. The lowest BCUT2D eigenvalue weighted by molar-refractivity contribution is 0.934. The molecule has 0 fully saturated rings. The molecule has 0 spiro atoms. The maximum atomic E-state index is 5.99. The number of pyridine rings is 1. The Balaban J connectivity index is 2.36. The highest BCUT2D eigenvalue weighted by atomic mass is 15.0. The molecule has 2 N–H and O–H groups in total. The van der Waals surface area contributed by atoms with Gasteiger partial charge in [-0.2, -0.15) is 0 Å². The monoisotopic (exact) mass is 265 g/mol.